The largest absolute Gasteiger partial charge is 0.327 e. The highest BCUT2D eigenvalue weighted by Gasteiger charge is 2.34. The van der Waals surface area contributed by atoms with E-state index >= 15 is 0 Å². The number of fused-ring (bicyclic) bond motifs is 1. The molecule has 19 heavy (non-hydrogen) atoms. The third-order valence-corrected chi connectivity index (χ3v) is 4.51. The van der Waals surface area contributed by atoms with Crippen molar-refractivity contribution in [3.8, 4) is 0 Å². The second kappa shape index (κ2) is 5.33. The summed E-state index contributed by atoms with van der Waals surface area (Å²) in [6, 6.07) is 8.38. The van der Waals surface area contributed by atoms with Gasteiger partial charge in [0.05, 0.1) is 5.92 Å². The van der Waals surface area contributed by atoms with Gasteiger partial charge in [0.25, 0.3) is 0 Å². The topological polar surface area (TPSA) is 46.3 Å². The first-order chi connectivity index (χ1) is 9.27. The molecule has 2 unspecified atom stereocenters. The maximum Gasteiger partial charge on any atom is 0.231 e. The van der Waals surface area contributed by atoms with E-state index in [2.05, 4.69) is 18.2 Å². The van der Waals surface area contributed by atoms with Crippen molar-refractivity contribution >= 4 is 11.6 Å². The van der Waals surface area contributed by atoms with Gasteiger partial charge in [-0.05, 0) is 43.7 Å². The van der Waals surface area contributed by atoms with Crippen LogP contribution in [0.25, 0.3) is 0 Å². The average molecular weight is 258 g/mol. The van der Waals surface area contributed by atoms with Crippen molar-refractivity contribution in [2.45, 2.75) is 44.6 Å². The van der Waals surface area contributed by atoms with Crippen LogP contribution in [-0.2, 0) is 11.2 Å². The smallest absolute Gasteiger partial charge is 0.231 e. The van der Waals surface area contributed by atoms with Gasteiger partial charge in [0.1, 0.15) is 0 Å². The first-order valence-electron chi connectivity index (χ1n) is 7.42. The molecule has 1 aromatic rings. The molecule has 3 rings (SSSR count). The molecule has 1 amide bonds. The van der Waals surface area contributed by atoms with E-state index in [4.69, 9.17) is 5.73 Å². The van der Waals surface area contributed by atoms with Gasteiger partial charge >= 0.3 is 0 Å². The summed E-state index contributed by atoms with van der Waals surface area (Å²) in [7, 11) is 0. The average Bonchev–Trinajstić information content (AvgIpc) is 2.74. The molecule has 2 atom stereocenters. The van der Waals surface area contributed by atoms with Gasteiger partial charge in [-0.25, -0.2) is 0 Å². The van der Waals surface area contributed by atoms with E-state index in [1.807, 2.05) is 11.0 Å². The van der Waals surface area contributed by atoms with E-state index in [0.29, 0.717) is 0 Å². The van der Waals surface area contributed by atoms with Crippen molar-refractivity contribution in [3.63, 3.8) is 0 Å². The molecular weight excluding hydrogens is 236 g/mol. The van der Waals surface area contributed by atoms with Crippen LogP contribution in [0.2, 0.25) is 0 Å². The lowest BCUT2D eigenvalue weighted by Crippen LogP contribution is -2.42. The summed E-state index contributed by atoms with van der Waals surface area (Å²) < 4.78 is 0. The maximum absolute atomic E-state index is 12.8. The normalized spacial score (nSPS) is 26.9. The van der Waals surface area contributed by atoms with Crippen LogP contribution in [0.1, 0.15) is 37.7 Å². The van der Waals surface area contributed by atoms with E-state index in [0.717, 1.165) is 50.8 Å². The predicted octanol–water partition coefficient (Wildman–Crippen LogP) is 2.48. The van der Waals surface area contributed by atoms with Gasteiger partial charge in [-0.2, -0.15) is 0 Å². The zero-order chi connectivity index (χ0) is 13.2. The van der Waals surface area contributed by atoms with Gasteiger partial charge in [0.15, 0.2) is 0 Å². The number of amides is 1. The van der Waals surface area contributed by atoms with Crippen molar-refractivity contribution < 1.29 is 4.79 Å². The fraction of sp³-hybridized carbons (Fsp3) is 0.562. The third kappa shape index (κ3) is 2.39. The molecule has 2 aliphatic rings. The Kier molecular flexibility index (Phi) is 3.56. The van der Waals surface area contributed by atoms with Crippen LogP contribution in [0.15, 0.2) is 24.3 Å². The molecule has 3 heteroatoms. The van der Waals surface area contributed by atoms with Crippen LogP contribution < -0.4 is 10.6 Å². The summed E-state index contributed by atoms with van der Waals surface area (Å²) >= 11 is 0. The van der Waals surface area contributed by atoms with Gasteiger partial charge in [0.2, 0.25) is 5.91 Å². The third-order valence-electron chi connectivity index (χ3n) is 4.51. The summed E-state index contributed by atoms with van der Waals surface area (Å²) in [6.45, 7) is 0.846. The molecule has 2 N–H and O–H groups in total. The Hall–Kier alpha value is -1.35. The molecule has 1 aliphatic carbocycles. The highest BCUT2D eigenvalue weighted by molar-refractivity contribution is 5.96. The number of rotatable bonds is 1. The van der Waals surface area contributed by atoms with E-state index in [-0.39, 0.29) is 17.9 Å². The van der Waals surface area contributed by atoms with Gasteiger partial charge < -0.3 is 10.6 Å². The summed E-state index contributed by atoms with van der Waals surface area (Å²) in [5.41, 5.74) is 8.52. The molecular formula is C16H22N2O. The van der Waals surface area contributed by atoms with Gasteiger partial charge in [0, 0.05) is 18.3 Å². The van der Waals surface area contributed by atoms with E-state index in [9.17, 15) is 4.79 Å². The number of aryl methyl sites for hydroxylation is 1. The summed E-state index contributed by atoms with van der Waals surface area (Å²) in [5.74, 6) is 0.283. The Labute approximate surface area is 114 Å². The van der Waals surface area contributed by atoms with Crippen LogP contribution in [0.5, 0.6) is 0 Å². The van der Waals surface area contributed by atoms with E-state index in [1.54, 1.807) is 0 Å². The van der Waals surface area contributed by atoms with Crippen molar-refractivity contribution in [2.24, 2.45) is 11.7 Å². The zero-order valence-electron chi connectivity index (χ0n) is 11.3. The maximum atomic E-state index is 12.8. The number of para-hydroxylation sites is 1. The fourth-order valence-electron chi connectivity index (χ4n) is 3.42. The quantitative estimate of drug-likeness (QED) is 0.841. The summed E-state index contributed by atoms with van der Waals surface area (Å²) in [4.78, 5) is 14.8. The highest BCUT2D eigenvalue weighted by atomic mass is 16.2. The predicted molar refractivity (Wildman–Crippen MR) is 77.0 cm³/mol. The monoisotopic (exact) mass is 258 g/mol. The first kappa shape index (κ1) is 12.7. The van der Waals surface area contributed by atoms with Crippen LogP contribution >= 0.6 is 0 Å². The number of anilines is 1. The van der Waals surface area contributed by atoms with Gasteiger partial charge in [-0.15, -0.1) is 0 Å². The highest BCUT2D eigenvalue weighted by Crippen LogP contribution is 2.31. The van der Waals surface area contributed by atoms with Crippen LogP contribution in [0.4, 0.5) is 5.69 Å². The van der Waals surface area contributed by atoms with Crippen LogP contribution in [0, 0.1) is 5.92 Å². The Morgan fingerprint density at radius 2 is 2.00 bits per heavy atom. The molecule has 3 nitrogen and oxygen atoms in total. The van der Waals surface area contributed by atoms with Gasteiger partial charge in [-0.1, -0.05) is 24.6 Å². The lowest BCUT2D eigenvalue weighted by molar-refractivity contribution is -0.122. The van der Waals surface area contributed by atoms with Gasteiger partial charge in [-0.3, -0.25) is 4.79 Å². The lowest BCUT2D eigenvalue weighted by Gasteiger charge is -2.27. The number of carbonyl (C=O) groups is 1. The van der Waals surface area contributed by atoms with Crippen molar-refractivity contribution in [2.75, 3.05) is 11.4 Å². The molecule has 0 spiro atoms. The van der Waals surface area contributed by atoms with Crippen LogP contribution in [-0.4, -0.2) is 18.5 Å². The minimum Gasteiger partial charge on any atom is -0.327 e. The number of nitrogens with two attached hydrogens (primary N) is 1. The number of nitrogens with zero attached hydrogens (tertiary/aromatic N) is 1. The molecule has 0 aromatic heterocycles. The van der Waals surface area contributed by atoms with E-state index < -0.39 is 0 Å². The van der Waals surface area contributed by atoms with Crippen LogP contribution in [0.3, 0.4) is 0 Å². The number of carbonyl (C=O) groups excluding carboxylic acids is 1. The molecule has 0 saturated heterocycles. The molecule has 102 valence electrons. The number of hydrogen-bond donors (Lipinski definition) is 1. The first-order valence-corrected chi connectivity index (χ1v) is 7.42. The SMILES string of the molecule is NC1CCCC1C(=O)N1CCCCc2ccccc21. The molecule has 0 bridgehead atoms. The second-order valence-corrected chi connectivity index (χ2v) is 5.78. The molecule has 0 radical (unpaired) electrons. The number of hydrogen-bond acceptors (Lipinski definition) is 2. The molecule has 1 heterocycles. The molecule has 1 fully saturated rings. The Balaban J connectivity index is 1.89. The second-order valence-electron chi connectivity index (χ2n) is 5.78. The minimum absolute atomic E-state index is 0.0335. The Morgan fingerprint density at radius 1 is 1.16 bits per heavy atom. The Bertz CT molecular complexity index is 472. The zero-order valence-corrected chi connectivity index (χ0v) is 11.3. The van der Waals surface area contributed by atoms with E-state index in [1.165, 1.54) is 5.56 Å². The molecule has 1 aromatic carbocycles. The Morgan fingerprint density at radius 3 is 2.79 bits per heavy atom. The lowest BCUT2D eigenvalue weighted by atomic mass is 10.0. The summed E-state index contributed by atoms with van der Waals surface area (Å²) in [6.07, 6.45) is 6.37. The fourth-order valence-corrected chi connectivity index (χ4v) is 3.42. The van der Waals surface area contributed by atoms with Crippen molar-refractivity contribution in [1.82, 2.24) is 0 Å². The number of benzene rings is 1. The molecule has 1 saturated carbocycles. The minimum atomic E-state index is 0.0335. The summed E-state index contributed by atoms with van der Waals surface area (Å²) in [5, 5.41) is 0. The molecule has 1 aliphatic heterocycles. The van der Waals surface area contributed by atoms with Crippen molar-refractivity contribution in [1.29, 1.82) is 0 Å². The standard InChI is InChI=1S/C16H22N2O/c17-14-9-5-8-13(14)16(19)18-11-4-3-7-12-6-1-2-10-15(12)18/h1-2,6,10,13-14H,3-5,7-9,11,17H2. The van der Waals surface area contributed by atoms with Crippen molar-refractivity contribution in [3.05, 3.63) is 29.8 Å².